The van der Waals surface area contributed by atoms with Crippen LogP contribution in [0.25, 0.3) is 0 Å². The van der Waals surface area contributed by atoms with Crippen LogP contribution in [0.1, 0.15) is 27.3 Å². The van der Waals surface area contributed by atoms with Gasteiger partial charge in [0.15, 0.2) is 0 Å². The molecule has 1 heterocycles. The van der Waals surface area contributed by atoms with Gasteiger partial charge >= 0.3 is 0 Å². The van der Waals surface area contributed by atoms with Crippen LogP contribution in [0.4, 0.5) is 5.69 Å². The van der Waals surface area contributed by atoms with Crippen molar-refractivity contribution in [3.05, 3.63) is 45.7 Å². The van der Waals surface area contributed by atoms with Crippen molar-refractivity contribution in [1.82, 2.24) is 9.78 Å². The number of carbonyl (C=O) groups excluding carboxylic acids is 1. The summed E-state index contributed by atoms with van der Waals surface area (Å²) in [6.07, 6.45) is 0. The Balaban J connectivity index is 2.34. The fraction of sp³-hybridized carbons (Fsp3) is 0.286. The van der Waals surface area contributed by atoms with Crippen LogP contribution in [0.5, 0.6) is 0 Å². The first-order valence-corrected chi connectivity index (χ1v) is 6.36. The molecule has 0 aliphatic heterocycles. The van der Waals surface area contributed by atoms with E-state index in [1.807, 2.05) is 32.0 Å². The third-order valence-electron chi connectivity index (χ3n) is 3.22. The van der Waals surface area contributed by atoms with Gasteiger partial charge in [-0.05, 0) is 38.0 Å². The molecule has 1 N–H and O–H groups in total. The summed E-state index contributed by atoms with van der Waals surface area (Å²) in [5, 5.41) is 7.41. The molecule has 2 rings (SSSR count). The first-order chi connectivity index (χ1) is 8.91. The molecule has 4 nitrogen and oxygen atoms in total. The Morgan fingerprint density at radius 1 is 1.32 bits per heavy atom. The molecule has 2 aromatic rings. The van der Waals surface area contributed by atoms with E-state index in [4.69, 9.17) is 11.6 Å². The Kier molecular flexibility index (Phi) is 3.62. The normalized spacial score (nSPS) is 10.6. The molecular weight excluding hydrogens is 262 g/mol. The molecule has 0 unspecified atom stereocenters. The fourth-order valence-corrected chi connectivity index (χ4v) is 2.19. The Morgan fingerprint density at radius 2 is 2.00 bits per heavy atom. The van der Waals surface area contributed by atoms with Crippen LogP contribution in [0.2, 0.25) is 5.02 Å². The average molecular weight is 278 g/mol. The van der Waals surface area contributed by atoms with Gasteiger partial charge in [0.05, 0.1) is 10.7 Å². The fourth-order valence-electron chi connectivity index (χ4n) is 1.95. The molecule has 1 amide bonds. The molecule has 0 saturated heterocycles. The number of anilines is 1. The minimum absolute atomic E-state index is 0.248. The average Bonchev–Trinajstić information content (AvgIpc) is 2.59. The van der Waals surface area contributed by atoms with Crippen molar-refractivity contribution in [1.29, 1.82) is 0 Å². The van der Waals surface area contributed by atoms with Crippen molar-refractivity contribution >= 4 is 23.2 Å². The summed E-state index contributed by atoms with van der Waals surface area (Å²) in [5.41, 5.74) is 3.99. The standard InChI is InChI=1S/C14H16ClN3O/c1-8-6-5-7-11(9(8)2)16-14(19)13-12(15)10(3)17-18(13)4/h5-7H,1-4H3,(H,16,19). The van der Waals surface area contributed by atoms with E-state index in [2.05, 4.69) is 10.4 Å². The predicted molar refractivity (Wildman–Crippen MR) is 76.8 cm³/mol. The van der Waals surface area contributed by atoms with Gasteiger partial charge in [0.2, 0.25) is 0 Å². The number of hydrogen-bond acceptors (Lipinski definition) is 2. The van der Waals surface area contributed by atoms with Crippen molar-refractivity contribution in [3.8, 4) is 0 Å². The summed E-state index contributed by atoms with van der Waals surface area (Å²) in [5.74, 6) is -0.248. The Labute approximate surface area is 117 Å². The third kappa shape index (κ3) is 2.49. The molecule has 0 radical (unpaired) electrons. The summed E-state index contributed by atoms with van der Waals surface area (Å²) in [7, 11) is 1.71. The van der Waals surface area contributed by atoms with E-state index >= 15 is 0 Å². The van der Waals surface area contributed by atoms with Crippen LogP contribution in [0.3, 0.4) is 0 Å². The number of carbonyl (C=O) groups is 1. The Bertz CT molecular complexity index is 646. The third-order valence-corrected chi connectivity index (χ3v) is 3.67. The van der Waals surface area contributed by atoms with Crippen molar-refractivity contribution in [3.63, 3.8) is 0 Å². The van der Waals surface area contributed by atoms with E-state index in [0.29, 0.717) is 16.4 Å². The maximum absolute atomic E-state index is 12.3. The van der Waals surface area contributed by atoms with Crippen LogP contribution in [-0.2, 0) is 7.05 Å². The lowest BCUT2D eigenvalue weighted by Crippen LogP contribution is -2.17. The van der Waals surface area contributed by atoms with Crippen LogP contribution in [-0.4, -0.2) is 15.7 Å². The second-order valence-electron chi connectivity index (χ2n) is 4.57. The first kappa shape index (κ1) is 13.6. The lowest BCUT2D eigenvalue weighted by atomic mass is 10.1. The molecule has 19 heavy (non-hydrogen) atoms. The van der Waals surface area contributed by atoms with Gasteiger partial charge in [-0.2, -0.15) is 5.10 Å². The van der Waals surface area contributed by atoms with Crippen LogP contribution < -0.4 is 5.32 Å². The van der Waals surface area contributed by atoms with E-state index in [-0.39, 0.29) is 5.91 Å². The molecule has 0 aliphatic rings. The van der Waals surface area contributed by atoms with E-state index in [1.165, 1.54) is 4.68 Å². The Hall–Kier alpha value is -1.81. The topological polar surface area (TPSA) is 46.9 Å². The van der Waals surface area contributed by atoms with Crippen LogP contribution >= 0.6 is 11.6 Å². The number of benzene rings is 1. The van der Waals surface area contributed by atoms with Crippen molar-refractivity contribution < 1.29 is 4.79 Å². The Morgan fingerprint density at radius 3 is 2.58 bits per heavy atom. The number of halogens is 1. The summed E-state index contributed by atoms with van der Waals surface area (Å²) in [4.78, 5) is 12.3. The molecule has 0 saturated carbocycles. The number of hydrogen-bond donors (Lipinski definition) is 1. The summed E-state index contributed by atoms with van der Waals surface area (Å²) in [6, 6.07) is 5.79. The van der Waals surface area contributed by atoms with Crippen molar-refractivity contribution in [2.24, 2.45) is 7.05 Å². The molecule has 1 aromatic carbocycles. The number of aromatic nitrogens is 2. The van der Waals surface area contributed by atoms with Gasteiger partial charge in [0.25, 0.3) is 5.91 Å². The molecular formula is C14H16ClN3O. The predicted octanol–water partition coefficient (Wildman–Crippen LogP) is 3.25. The van der Waals surface area contributed by atoms with Gasteiger partial charge in [-0.25, -0.2) is 0 Å². The number of nitrogens with one attached hydrogen (secondary N) is 1. The highest BCUT2D eigenvalue weighted by Gasteiger charge is 2.19. The molecule has 1 aromatic heterocycles. The maximum atomic E-state index is 12.3. The quantitative estimate of drug-likeness (QED) is 0.916. The first-order valence-electron chi connectivity index (χ1n) is 5.98. The van der Waals surface area contributed by atoms with Gasteiger partial charge < -0.3 is 5.32 Å². The minimum atomic E-state index is -0.248. The molecule has 5 heteroatoms. The summed E-state index contributed by atoms with van der Waals surface area (Å²) >= 11 is 6.10. The summed E-state index contributed by atoms with van der Waals surface area (Å²) < 4.78 is 1.50. The number of aryl methyl sites for hydroxylation is 3. The zero-order chi connectivity index (χ0) is 14.2. The molecule has 0 fully saturated rings. The van der Waals surface area contributed by atoms with Crippen molar-refractivity contribution in [2.45, 2.75) is 20.8 Å². The zero-order valence-corrected chi connectivity index (χ0v) is 12.2. The van der Waals surface area contributed by atoms with Gasteiger partial charge in [-0.15, -0.1) is 0 Å². The van der Waals surface area contributed by atoms with E-state index in [9.17, 15) is 4.79 Å². The van der Waals surface area contributed by atoms with Gasteiger partial charge in [-0.1, -0.05) is 23.7 Å². The lowest BCUT2D eigenvalue weighted by molar-refractivity contribution is 0.101. The largest absolute Gasteiger partial charge is 0.320 e. The van der Waals surface area contributed by atoms with Crippen molar-refractivity contribution in [2.75, 3.05) is 5.32 Å². The highest BCUT2D eigenvalue weighted by atomic mass is 35.5. The monoisotopic (exact) mass is 277 g/mol. The van der Waals surface area contributed by atoms with Crippen LogP contribution in [0, 0.1) is 20.8 Å². The molecule has 0 bridgehead atoms. The number of rotatable bonds is 2. The zero-order valence-electron chi connectivity index (χ0n) is 11.4. The second-order valence-corrected chi connectivity index (χ2v) is 4.95. The van der Waals surface area contributed by atoms with E-state index in [0.717, 1.165) is 16.8 Å². The SMILES string of the molecule is Cc1cccc(NC(=O)c2c(Cl)c(C)nn2C)c1C. The smallest absolute Gasteiger partial charge is 0.275 e. The van der Waals surface area contributed by atoms with E-state index < -0.39 is 0 Å². The molecule has 100 valence electrons. The van der Waals surface area contributed by atoms with Gasteiger partial charge in [0.1, 0.15) is 5.69 Å². The van der Waals surface area contributed by atoms with Crippen LogP contribution in [0.15, 0.2) is 18.2 Å². The second kappa shape index (κ2) is 5.05. The maximum Gasteiger partial charge on any atom is 0.275 e. The highest BCUT2D eigenvalue weighted by molar-refractivity contribution is 6.34. The summed E-state index contributed by atoms with van der Waals surface area (Å²) in [6.45, 7) is 5.75. The van der Waals surface area contributed by atoms with Gasteiger partial charge in [0, 0.05) is 12.7 Å². The van der Waals surface area contributed by atoms with Gasteiger partial charge in [-0.3, -0.25) is 9.48 Å². The molecule has 0 aliphatic carbocycles. The molecule has 0 atom stereocenters. The minimum Gasteiger partial charge on any atom is -0.320 e. The highest BCUT2D eigenvalue weighted by Crippen LogP contribution is 2.23. The number of nitrogens with zero attached hydrogens (tertiary/aromatic N) is 2. The number of amides is 1. The van der Waals surface area contributed by atoms with E-state index in [1.54, 1.807) is 14.0 Å². The molecule has 0 spiro atoms. The lowest BCUT2D eigenvalue weighted by Gasteiger charge is -2.10.